The maximum atomic E-state index is 14.4. The zero-order valence-electron chi connectivity index (χ0n) is 19.3. The third-order valence-electron chi connectivity index (χ3n) is 5.72. The Bertz CT molecular complexity index is 1510. The summed E-state index contributed by atoms with van der Waals surface area (Å²) in [6, 6.07) is 11.4. The molecule has 1 aliphatic heterocycles. The van der Waals surface area contributed by atoms with Crippen LogP contribution >= 0.6 is 11.6 Å². The minimum atomic E-state index is -0.719. The highest BCUT2D eigenvalue weighted by Crippen LogP contribution is 2.23. The van der Waals surface area contributed by atoms with Crippen LogP contribution < -0.4 is 15.5 Å². The van der Waals surface area contributed by atoms with Crippen molar-refractivity contribution in [1.29, 1.82) is 0 Å². The quantitative estimate of drug-likeness (QED) is 0.346. The van der Waals surface area contributed by atoms with E-state index in [1.54, 1.807) is 24.4 Å². The van der Waals surface area contributed by atoms with Crippen LogP contribution in [0.2, 0.25) is 5.02 Å². The number of anilines is 3. The Balaban J connectivity index is 1.35. The molecule has 1 aromatic heterocycles. The van der Waals surface area contributed by atoms with Crippen molar-refractivity contribution in [3.05, 3.63) is 88.6 Å². The molecule has 2 heterocycles. The first-order valence-corrected chi connectivity index (χ1v) is 11.7. The van der Waals surface area contributed by atoms with Gasteiger partial charge >= 0.3 is 6.03 Å². The molecular formula is C26H20ClF2N5O3. The SMILES string of the molecule is O=C(Nc1cc(F)cc(C(=O)c2ccc3ncc(N4CCOCC4)nc3c2)c1)Nc1ccc(F)c(Cl)c1. The summed E-state index contributed by atoms with van der Waals surface area (Å²) in [5.74, 6) is -1.10. The number of hydrogen-bond donors (Lipinski definition) is 2. The smallest absolute Gasteiger partial charge is 0.323 e. The van der Waals surface area contributed by atoms with E-state index in [2.05, 4.69) is 25.5 Å². The first-order chi connectivity index (χ1) is 17.9. The molecule has 11 heteroatoms. The summed E-state index contributed by atoms with van der Waals surface area (Å²) < 4.78 is 33.1. The summed E-state index contributed by atoms with van der Waals surface area (Å²) in [4.78, 5) is 36.7. The van der Waals surface area contributed by atoms with Crippen LogP contribution in [0.15, 0.2) is 60.8 Å². The summed E-state index contributed by atoms with van der Waals surface area (Å²) in [7, 11) is 0. The number of rotatable bonds is 5. The van der Waals surface area contributed by atoms with Gasteiger partial charge in [0.1, 0.15) is 17.5 Å². The minimum absolute atomic E-state index is 0.0387. The van der Waals surface area contributed by atoms with Crippen molar-refractivity contribution in [3.8, 4) is 0 Å². The summed E-state index contributed by atoms with van der Waals surface area (Å²) in [6.45, 7) is 2.59. The lowest BCUT2D eigenvalue weighted by atomic mass is 10.0. The highest BCUT2D eigenvalue weighted by atomic mass is 35.5. The van der Waals surface area contributed by atoms with Crippen LogP contribution in [0.25, 0.3) is 11.0 Å². The van der Waals surface area contributed by atoms with Crippen LogP contribution in [-0.2, 0) is 4.74 Å². The number of benzene rings is 3. The van der Waals surface area contributed by atoms with Crippen molar-refractivity contribution >= 4 is 51.6 Å². The molecule has 2 N–H and O–H groups in total. The Morgan fingerprint density at radius 1 is 0.892 bits per heavy atom. The van der Waals surface area contributed by atoms with Gasteiger partial charge in [0, 0.05) is 35.6 Å². The summed E-state index contributed by atoms with van der Waals surface area (Å²) in [5.41, 5.74) is 1.78. The highest BCUT2D eigenvalue weighted by molar-refractivity contribution is 6.31. The molecule has 4 aromatic rings. The molecule has 1 saturated heterocycles. The van der Waals surface area contributed by atoms with Crippen LogP contribution in [0.3, 0.4) is 0 Å². The molecule has 3 aromatic carbocycles. The van der Waals surface area contributed by atoms with Gasteiger partial charge in [-0.3, -0.25) is 9.78 Å². The molecule has 37 heavy (non-hydrogen) atoms. The molecule has 188 valence electrons. The van der Waals surface area contributed by atoms with Crippen LogP contribution in [-0.4, -0.2) is 48.1 Å². The first kappa shape index (κ1) is 24.5. The van der Waals surface area contributed by atoms with Crippen LogP contribution in [0.1, 0.15) is 15.9 Å². The topological polar surface area (TPSA) is 96.5 Å². The number of amides is 2. The number of hydrogen-bond acceptors (Lipinski definition) is 6. The zero-order valence-corrected chi connectivity index (χ0v) is 20.1. The molecule has 0 spiro atoms. The number of nitrogens with zero attached hydrogens (tertiary/aromatic N) is 3. The maximum absolute atomic E-state index is 14.4. The van der Waals surface area contributed by atoms with Crippen molar-refractivity contribution in [2.45, 2.75) is 0 Å². The molecule has 0 radical (unpaired) electrons. The lowest BCUT2D eigenvalue weighted by Crippen LogP contribution is -2.36. The molecule has 0 bridgehead atoms. The lowest BCUT2D eigenvalue weighted by Gasteiger charge is -2.27. The third-order valence-corrected chi connectivity index (χ3v) is 6.01. The predicted molar refractivity (Wildman–Crippen MR) is 136 cm³/mol. The minimum Gasteiger partial charge on any atom is -0.378 e. The van der Waals surface area contributed by atoms with E-state index >= 15 is 0 Å². The number of carbonyl (C=O) groups is 2. The molecule has 0 atom stereocenters. The normalized spacial score (nSPS) is 13.4. The number of ether oxygens (including phenoxy) is 1. The molecule has 1 fully saturated rings. The molecule has 1 aliphatic rings. The monoisotopic (exact) mass is 523 g/mol. The number of urea groups is 1. The van der Waals surface area contributed by atoms with E-state index in [1.165, 1.54) is 18.2 Å². The van der Waals surface area contributed by atoms with Gasteiger partial charge in [-0.25, -0.2) is 18.6 Å². The van der Waals surface area contributed by atoms with Gasteiger partial charge in [0.15, 0.2) is 5.78 Å². The number of carbonyl (C=O) groups excluding carboxylic acids is 2. The molecule has 0 saturated carbocycles. The van der Waals surface area contributed by atoms with Gasteiger partial charge < -0.3 is 20.3 Å². The third kappa shape index (κ3) is 5.65. The van der Waals surface area contributed by atoms with Crippen LogP contribution in [0.4, 0.5) is 30.8 Å². The Morgan fingerprint density at radius 3 is 2.46 bits per heavy atom. The van der Waals surface area contributed by atoms with Crippen molar-refractivity contribution in [3.63, 3.8) is 0 Å². The maximum Gasteiger partial charge on any atom is 0.323 e. The highest BCUT2D eigenvalue weighted by Gasteiger charge is 2.17. The Kier molecular flexibility index (Phi) is 6.93. The number of fused-ring (bicyclic) bond motifs is 1. The molecule has 5 rings (SSSR count). The second-order valence-electron chi connectivity index (χ2n) is 8.30. The Labute approximate surface area is 215 Å². The summed E-state index contributed by atoms with van der Waals surface area (Å²) >= 11 is 5.73. The predicted octanol–water partition coefficient (Wildman–Crippen LogP) is 5.27. The van der Waals surface area contributed by atoms with Crippen LogP contribution in [0, 0.1) is 11.6 Å². The molecule has 0 aliphatic carbocycles. The van der Waals surface area contributed by atoms with E-state index in [-0.39, 0.29) is 22.0 Å². The second kappa shape index (κ2) is 10.5. The Morgan fingerprint density at radius 2 is 1.68 bits per heavy atom. The fourth-order valence-electron chi connectivity index (χ4n) is 3.91. The van der Waals surface area contributed by atoms with E-state index in [1.807, 2.05) is 0 Å². The van der Waals surface area contributed by atoms with E-state index in [0.717, 1.165) is 18.2 Å². The lowest BCUT2D eigenvalue weighted by molar-refractivity contribution is 0.103. The fraction of sp³-hybridized carbons (Fsp3) is 0.154. The molecule has 2 amide bonds. The largest absolute Gasteiger partial charge is 0.378 e. The van der Waals surface area contributed by atoms with E-state index < -0.39 is 23.4 Å². The van der Waals surface area contributed by atoms with E-state index in [9.17, 15) is 18.4 Å². The number of aromatic nitrogens is 2. The van der Waals surface area contributed by atoms with E-state index in [4.69, 9.17) is 16.3 Å². The van der Waals surface area contributed by atoms with Gasteiger partial charge in [-0.15, -0.1) is 0 Å². The van der Waals surface area contributed by atoms with Gasteiger partial charge in [-0.1, -0.05) is 11.6 Å². The van der Waals surface area contributed by atoms with Crippen molar-refractivity contribution in [1.82, 2.24) is 9.97 Å². The number of halogens is 3. The van der Waals surface area contributed by atoms with Crippen molar-refractivity contribution < 1.29 is 23.1 Å². The average Bonchev–Trinajstić information content (AvgIpc) is 2.90. The average molecular weight is 524 g/mol. The van der Waals surface area contributed by atoms with Gasteiger partial charge in [-0.2, -0.15) is 0 Å². The van der Waals surface area contributed by atoms with Crippen molar-refractivity contribution in [2.24, 2.45) is 0 Å². The van der Waals surface area contributed by atoms with Gasteiger partial charge in [0.05, 0.1) is 35.5 Å². The van der Waals surface area contributed by atoms with Crippen LogP contribution in [0.5, 0.6) is 0 Å². The zero-order chi connectivity index (χ0) is 25.9. The fourth-order valence-corrected chi connectivity index (χ4v) is 4.10. The number of ketones is 1. The second-order valence-corrected chi connectivity index (χ2v) is 8.70. The molecule has 0 unspecified atom stereocenters. The van der Waals surface area contributed by atoms with Gasteiger partial charge in [0.2, 0.25) is 0 Å². The molecule has 8 nitrogen and oxygen atoms in total. The molecular weight excluding hydrogens is 504 g/mol. The standard InChI is InChI=1S/C26H20ClF2N5O3/c27-20-13-18(2-3-21(20)29)31-26(36)32-19-10-16(9-17(28)12-19)25(35)15-1-4-22-23(11-15)33-24(14-30-22)34-5-7-37-8-6-34/h1-4,9-14H,5-8H2,(H2,31,32,36). The summed E-state index contributed by atoms with van der Waals surface area (Å²) in [6.07, 6.45) is 1.69. The summed E-state index contributed by atoms with van der Waals surface area (Å²) in [5, 5.41) is 4.78. The Hall–Kier alpha value is -4.15. The first-order valence-electron chi connectivity index (χ1n) is 11.3. The number of morpholine rings is 1. The van der Waals surface area contributed by atoms with Crippen molar-refractivity contribution in [2.75, 3.05) is 41.8 Å². The van der Waals surface area contributed by atoms with Gasteiger partial charge in [0.25, 0.3) is 0 Å². The van der Waals surface area contributed by atoms with Gasteiger partial charge in [-0.05, 0) is 54.6 Å². The van der Waals surface area contributed by atoms with E-state index in [0.29, 0.717) is 48.7 Å². The number of nitrogens with one attached hydrogen (secondary N) is 2.